The smallest absolute Gasteiger partial charge is 0.306 e. The van der Waals surface area contributed by atoms with Gasteiger partial charge in [-0.15, -0.1) is 11.3 Å². The minimum atomic E-state index is -0.750. The van der Waals surface area contributed by atoms with E-state index in [0.29, 0.717) is 39.0 Å². The summed E-state index contributed by atoms with van der Waals surface area (Å²) in [5, 5.41) is 8.96. The molecule has 0 atom stereocenters. The number of carboxylic acids is 1. The number of carbonyl (C=O) groups is 2. The van der Waals surface area contributed by atoms with Gasteiger partial charge in [-0.2, -0.15) is 0 Å². The Morgan fingerprint density at radius 3 is 2.67 bits per heavy atom. The Labute approximate surface area is 128 Å². The van der Waals surface area contributed by atoms with Crippen LogP contribution in [0.2, 0.25) is 0 Å². The molecule has 0 spiro atoms. The molecule has 0 saturated carbocycles. The van der Waals surface area contributed by atoms with Gasteiger partial charge in [0.15, 0.2) is 0 Å². The van der Waals surface area contributed by atoms with E-state index in [2.05, 4.69) is 4.98 Å². The lowest BCUT2D eigenvalue weighted by atomic mass is 9.97. The largest absolute Gasteiger partial charge is 0.481 e. The van der Waals surface area contributed by atoms with Crippen LogP contribution < -0.4 is 0 Å². The zero-order valence-electron chi connectivity index (χ0n) is 12.4. The third-order valence-corrected chi connectivity index (χ3v) is 4.78. The Bertz CT molecular complexity index is 509. The van der Waals surface area contributed by atoms with Crippen LogP contribution in [0.4, 0.5) is 0 Å². The van der Waals surface area contributed by atoms with Crippen molar-refractivity contribution in [3.05, 3.63) is 16.1 Å². The molecule has 21 heavy (non-hydrogen) atoms. The molecule has 1 aromatic rings. The predicted molar refractivity (Wildman–Crippen MR) is 80.1 cm³/mol. The van der Waals surface area contributed by atoms with Crippen LogP contribution in [0.15, 0.2) is 5.51 Å². The number of likely N-dealkylation sites (tertiary alicyclic amines) is 1. The first-order valence-corrected chi connectivity index (χ1v) is 7.93. The fourth-order valence-electron chi connectivity index (χ4n) is 2.49. The normalized spacial score (nSPS) is 16.4. The summed E-state index contributed by atoms with van der Waals surface area (Å²) in [6.45, 7) is 4.13. The molecule has 1 aliphatic heterocycles. The molecular formula is C14H21N3O3S. The fraction of sp³-hybridized carbons (Fsp3) is 0.643. The van der Waals surface area contributed by atoms with Gasteiger partial charge in [0.1, 0.15) is 0 Å². The second-order valence-electron chi connectivity index (χ2n) is 5.53. The second kappa shape index (κ2) is 7.00. The molecule has 0 aliphatic carbocycles. The summed E-state index contributed by atoms with van der Waals surface area (Å²) in [7, 11) is 1.92. The zero-order chi connectivity index (χ0) is 15.4. The molecule has 2 rings (SSSR count). The molecule has 1 saturated heterocycles. The van der Waals surface area contributed by atoms with E-state index in [-0.39, 0.29) is 11.8 Å². The number of aromatic nitrogens is 1. The first-order chi connectivity index (χ1) is 9.97. The molecule has 0 radical (unpaired) electrons. The number of nitrogens with zero attached hydrogens (tertiary/aromatic N) is 3. The Morgan fingerprint density at radius 1 is 1.48 bits per heavy atom. The predicted octanol–water partition coefficient (Wildman–Crippen LogP) is 1.21. The van der Waals surface area contributed by atoms with Crippen molar-refractivity contribution in [2.45, 2.75) is 26.3 Å². The molecule has 2 heterocycles. The van der Waals surface area contributed by atoms with Crippen molar-refractivity contribution in [3.8, 4) is 0 Å². The quantitative estimate of drug-likeness (QED) is 0.884. The number of hydrogen-bond acceptors (Lipinski definition) is 5. The lowest BCUT2D eigenvalue weighted by Crippen LogP contribution is -2.44. The molecule has 7 heteroatoms. The van der Waals surface area contributed by atoms with Crippen LogP contribution in [0.3, 0.4) is 0 Å². The number of rotatable bonds is 5. The maximum absolute atomic E-state index is 12.2. The van der Waals surface area contributed by atoms with Crippen molar-refractivity contribution in [2.75, 3.05) is 26.7 Å². The van der Waals surface area contributed by atoms with Gasteiger partial charge >= 0.3 is 5.97 Å². The van der Waals surface area contributed by atoms with Gasteiger partial charge < -0.3 is 10.0 Å². The molecule has 0 aromatic carbocycles. The number of carbonyl (C=O) groups excluding carboxylic acids is 1. The van der Waals surface area contributed by atoms with Crippen LogP contribution in [-0.2, 0) is 16.1 Å². The number of aryl methyl sites for hydroxylation is 1. The number of hydrogen-bond donors (Lipinski definition) is 1. The highest BCUT2D eigenvalue weighted by Gasteiger charge is 2.27. The SMILES string of the molecule is Cc1ncsc1CN(C)CC(=O)N1CCC(C(=O)O)CC1. The average molecular weight is 311 g/mol. The topological polar surface area (TPSA) is 73.7 Å². The highest BCUT2D eigenvalue weighted by atomic mass is 32.1. The molecule has 1 aromatic heterocycles. The number of likely N-dealkylation sites (N-methyl/N-ethyl adjacent to an activating group) is 1. The molecular weight excluding hydrogens is 290 g/mol. The highest BCUT2D eigenvalue weighted by Crippen LogP contribution is 2.18. The number of thiazole rings is 1. The molecule has 1 fully saturated rings. The average Bonchev–Trinajstić information content (AvgIpc) is 2.84. The number of aliphatic carboxylic acids is 1. The van der Waals surface area contributed by atoms with Crippen molar-refractivity contribution < 1.29 is 14.7 Å². The number of piperidine rings is 1. The zero-order valence-corrected chi connectivity index (χ0v) is 13.2. The fourth-order valence-corrected chi connectivity index (χ4v) is 3.34. The maximum Gasteiger partial charge on any atom is 0.306 e. The summed E-state index contributed by atoms with van der Waals surface area (Å²) in [6.07, 6.45) is 1.11. The van der Waals surface area contributed by atoms with E-state index in [0.717, 1.165) is 5.69 Å². The van der Waals surface area contributed by atoms with Gasteiger partial charge in [-0.1, -0.05) is 0 Å². The molecule has 1 amide bonds. The van der Waals surface area contributed by atoms with E-state index in [4.69, 9.17) is 5.11 Å². The lowest BCUT2D eigenvalue weighted by molar-refractivity contribution is -0.145. The van der Waals surface area contributed by atoms with E-state index in [1.54, 1.807) is 16.2 Å². The van der Waals surface area contributed by atoms with Gasteiger partial charge in [-0.25, -0.2) is 4.98 Å². The standard InChI is InChI=1S/C14H21N3O3S/c1-10-12(21-9-15-10)7-16(2)8-13(18)17-5-3-11(4-6-17)14(19)20/h9,11H,3-8H2,1-2H3,(H,19,20). The monoisotopic (exact) mass is 311 g/mol. The summed E-state index contributed by atoms with van der Waals surface area (Å²) in [6, 6.07) is 0. The summed E-state index contributed by atoms with van der Waals surface area (Å²) in [5.74, 6) is -0.977. The molecule has 0 bridgehead atoms. The van der Waals surface area contributed by atoms with E-state index < -0.39 is 5.97 Å². The summed E-state index contributed by atoms with van der Waals surface area (Å²) in [4.78, 5) is 32.3. The number of amides is 1. The first-order valence-electron chi connectivity index (χ1n) is 7.05. The third kappa shape index (κ3) is 4.25. The summed E-state index contributed by atoms with van der Waals surface area (Å²) >= 11 is 1.60. The Kier molecular flexibility index (Phi) is 5.30. The van der Waals surface area contributed by atoms with Crippen molar-refractivity contribution in [1.82, 2.24) is 14.8 Å². The van der Waals surface area contributed by atoms with Crippen LogP contribution in [0, 0.1) is 12.8 Å². The van der Waals surface area contributed by atoms with Crippen LogP contribution in [-0.4, -0.2) is 58.4 Å². The number of carboxylic acid groups (broad SMARTS) is 1. The van der Waals surface area contributed by atoms with Gasteiger partial charge in [-0.05, 0) is 26.8 Å². The van der Waals surface area contributed by atoms with Crippen LogP contribution in [0.1, 0.15) is 23.4 Å². The van der Waals surface area contributed by atoms with Gasteiger partial charge in [0.2, 0.25) is 5.91 Å². The summed E-state index contributed by atoms with van der Waals surface area (Å²) in [5.41, 5.74) is 2.83. The van der Waals surface area contributed by atoms with Crippen LogP contribution >= 0.6 is 11.3 Å². The molecule has 1 aliphatic rings. The highest BCUT2D eigenvalue weighted by molar-refractivity contribution is 7.09. The minimum absolute atomic E-state index is 0.0727. The van der Waals surface area contributed by atoms with Gasteiger partial charge in [-0.3, -0.25) is 14.5 Å². The second-order valence-corrected chi connectivity index (χ2v) is 6.47. The summed E-state index contributed by atoms with van der Waals surface area (Å²) < 4.78 is 0. The first kappa shape index (κ1) is 15.9. The Hall–Kier alpha value is -1.47. The lowest BCUT2D eigenvalue weighted by Gasteiger charge is -2.31. The van der Waals surface area contributed by atoms with E-state index >= 15 is 0 Å². The molecule has 116 valence electrons. The third-order valence-electron chi connectivity index (χ3n) is 3.86. The Balaban J connectivity index is 1.79. The van der Waals surface area contributed by atoms with Crippen molar-refractivity contribution >= 4 is 23.2 Å². The van der Waals surface area contributed by atoms with Crippen molar-refractivity contribution in [1.29, 1.82) is 0 Å². The minimum Gasteiger partial charge on any atom is -0.481 e. The van der Waals surface area contributed by atoms with Crippen molar-refractivity contribution in [3.63, 3.8) is 0 Å². The van der Waals surface area contributed by atoms with Crippen LogP contribution in [0.25, 0.3) is 0 Å². The van der Waals surface area contributed by atoms with E-state index in [1.807, 2.05) is 24.4 Å². The van der Waals surface area contributed by atoms with Crippen molar-refractivity contribution in [2.24, 2.45) is 5.92 Å². The molecule has 1 N–H and O–H groups in total. The van der Waals surface area contributed by atoms with Crippen LogP contribution in [0.5, 0.6) is 0 Å². The van der Waals surface area contributed by atoms with E-state index in [9.17, 15) is 9.59 Å². The van der Waals surface area contributed by atoms with Gasteiger partial charge in [0.05, 0.1) is 23.7 Å². The Morgan fingerprint density at radius 2 is 2.14 bits per heavy atom. The maximum atomic E-state index is 12.2. The van der Waals surface area contributed by atoms with Gasteiger partial charge in [0.25, 0.3) is 0 Å². The molecule has 0 unspecified atom stereocenters. The van der Waals surface area contributed by atoms with Gasteiger partial charge in [0, 0.05) is 24.5 Å². The van der Waals surface area contributed by atoms with E-state index in [1.165, 1.54) is 4.88 Å². The molecule has 6 nitrogen and oxygen atoms in total.